The highest BCUT2D eigenvalue weighted by atomic mass is 16.5. The van der Waals surface area contributed by atoms with Crippen molar-refractivity contribution in [1.29, 1.82) is 0 Å². The molecular weight excluding hydrogens is 228 g/mol. The highest BCUT2D eigenvalue weighted by Gasteiger charge is 2.05. The summed E-state index contributed by atoms with van der Waals surface area (Å²) in [6, 6.07) is 9.48. The lowest BCUT2D eigenvalue weighted by Crippen LogP contribution is -2.06. The van der Waals surface area contributed by atoms with Gasteiger partial charge in [-0.25, -0.2) is 4.79 Å². The predicted octanol–water partition coefficient (Wildman–Crippen LogP) is 2.78. The summed E-state index contributed by atoms with van der Waals surface area (Å²) in [5.74, 6) is -0.691. The van der Waals surface area contributed by atoms with E-state index in [9.17, 15) is 9.59 Å². The molecule has 0 aliphatic carbocycles. The van der Waals surface area contributed by atoms with E-state index in [1.165, 1.54) is 12.2 Å². The van der Waals surface area contributed by atoms with Crippen LogP contribution >= 0.6 is 0 Å². The summed E-state index contributed by atoms with van der Waals surface area (Å²) in [6.45, 7) is 3.59. The van der Waals surface area contributed by atoms with Crippen molar-refractivity contribution in [2.75, 3.05) is 6.61 Å². The van der Waals surface area contributed by atoms with Gasteiger partial charge in [0.05, 0.1) is 6.61 Å². The Morgan fingerprint density at radius 2 is 1.89 bits per heavy atom. The normalized spacial score (nSPS) is 11.6. The molecule has 0 saturated carbocycles. The Bertz CT molecular complexity index is 470. The Kier molecular flexibility index (Phi) is 5.58. The van der Waals surface area contributed by atoms with Crippen LogP contribution in [-0.2, 0) is 14.3 Å². The molecule has 0 spiro atoms. The highest BCUT2D eigenvalue weighted by Crippen LogP contribution is 2.02. The van der Waals surface area contributed by atoms with Crippen molar-refractivity contribution in [3.8, 4) is 0 Å². The molecule has 0 N–H and O–H groups in total. The molecule has 0 saturated heterocycles. The summed E-state index contributed by atoms with van der Waals surface area (Å²) in [4.78, 5) is 22.9. The summed E-state index contributed by atoms with van der Waals surface area (Å²) >= 11 is 0. The number of carbonyl (C=O) groups excluding carboxylic acids is 2. The summed E-state index contributed by atoms with van der Waals surface area (Å²) in [7, 11) is 0. The van der Waals surface area contributed by atoms with Gasteiger partial charge in [-0.05, 0) is 31.6 Å². The van der Waals surface area contributed by atoms with Gasteiger partial charge in [0.15, 0.2) is 5.78 Å². The van der Waals surface area contributed by atoms with Gasteiger partial charge in [-0.1, -0.05) is 36.4 Å². The maximum Gasteiger partial charge on any atom is 0.333 e. The van der Waals surface area contributed by atoms with Crippen molar-refractivity contribution in [2.45, 2.75) is 13.8 Å². The second-order valence-electron chi connectivity index (χ2n) is 3.69. The van der Waals surface area contributed by atoms with Crippen LogP contribution in [0.15, 0.2) is 48.1 Å². The van der Waals surface area contributed by atoms with E-state index in [0.29, 0.717) is 12.2 Å². The molecule has 0 aliphatic heterocycles. The smallest absolute Gasteiger partial charge is 0.333 e. The molecule has 0 aromatic heterocycles. The average Bonchev–Trinajstić information content (AvgIpc) is 2.38. The van der Waals surface area contributed by atoms with Gasteiger partial charge in [0.25, 0.3) is 0 Å². The molecule has 3 heteroatoms. The van der Waals surface area contributed by atoms with Gasteiger partial charge in [0.2, 0.25) is 0 Å². The van der Waals surface area contributed by atoms with E-state index in [0.717, 1.165) is 5.56 Å². The SMILES string of the molecule is CCOC(=O)C(C)=CC(=O)/C=C/c1ccccc1. The van der Waals surface area contributed by atoms with Crippen LogP contribution in [0.2, 0.25) is 0 Å². The molecule has 1 rings (SSSR count). The number of benzene rings is 1. The minimum atomic E-state index is -0.459. The van der Waals surface area contributed by atoms with Gasteiger partial charge in [-0.2, -0.15) is 0 Å². The molecule has 1 aromatic rings. The van der Waals surface area contributed by atoms with Crippen LogP contribution in [0.25, 0.3) is 6.08 Å². The molecule has 0 unspecified atom stereocenters. The van der Waals surface area contributed by atoms with Crippen molar-refractivity contribution < 1.29 is 14.3 Å². The molecule has 0 aliphatic rings. The number of hydrogen-bond acceptors (Lipinski definition) is 3. The van der Waals surface area contributed by atoms with Gasteiger partial charge in [-0.15, -0.1) is 0 Å². The van der Waals surface area contributed by atoms with Crippen LogP contribution in [0.3, 0.4) is 0 Å². The van der Waals surface area contributed by atoms with Crippen LogP contribution in [-0.4, -0.2) is 18.4 Å². The number of esters is 1. The predicted molar refractivity (Wildman–Crippen MR) is 70.9 cm³/mol. The fraction of sp³-hybridized carbons (Fsp3) is 0.200. The van der Waals surface area contributed by atoms with Gasteiger partial charge in [-0.3, -0.25) is 4.79 Å². The number of hydrogen-bond donors (Lipinski definition) is 0. The molecule has 18 heavy (non-hydrogen) atoms. The molecule has 0 heterocycles. The van der Waals surface area contributed by atoms with Gasteiger partial charge in [0.1, 0.15) is 0 Å². The third-order valence-corrected chi connectivity index (χ3v) is 2.20. The molecule has 0 atom stereocenters. The summed E-state index contributed by atoms with van der Waals surface area (Å²) in [6.07, 6.45) is 4.41. The van der Waals surface area contributed by atoms with Crippen molar-refractivity contribution >= 4 is 17.8 Å². The molecule has 94 valence electrons. The van der Waals surface area contributed by atoms with Crippen LogP contribution in [0.5, 0.6) is 0 Å². The molecule has 0 radical (unpaired) electrons. The number of rotatable bonds is 5. The Morgan fingerprint density at radius 3 is 2.50 bits per heavy atom. The summed E-state index contributed by atoms with van der Waals surface area (Å²) in [5.41, 5.74) is 1.24. The second kappa shape index (κ2) is 7.22. The monoisotopic (exact) mass is 244 g/mol. The Balaban J connectivity index is 2.64. The lowest BCUT2D eigenvalue weighted by molar-refractivity contribution is -0.138. The number of carbonyl (C=O) groups is 2. The standard InChI is InChI=1S/C15H16O3/c1-3-18-15(17)12(2)11-14(16)10-9-13-7-5-4-6-8-13/h4-11H,3H2,1-2H3/b10-9+,12-11?. The first-order valence-electron chi connectivity index (χ1n) is 5.76. The maximum absolute atomic E-state index is 11.6. The summed E-state index contributed by atoms with van der Waals surface area (Å²) in [5, 5.41) is 0. The molecule has 0 fully saturated rings. The third-order valence-electron chi connectivity index (χ3n) is 2.20. The average molecular weight is 244 g/mol. The van der Waals surface area contributed by atoms with Crippen molar-refractivity contribution in [2.24, 2.45) is 0 Å². The van der Waals surface area contributed by atoms with Gasteiger partial charge >= 0.3 is 5.97 Å². The molecule has 3 nitrogen and oxygen atoms in total. The van der Waals surface area contributed by atoms with E-state index >= 15 is 0 Å². The second-order valence-corrected chi connectivity index (χ2v) is 3.69. The first-order valence-corrected chi connectivity index (χ1v) is 5.76. The van der Waals surface area contributed by atoms with E-state index in [1.807, 2.05) is 30.3 Å². The van der Waals surface area contributed by atoms with E-state index in [4.69, 9.17) is 4.74 Å². The van der Waals surface area contributed by atoms with E-state index in [1.54, 1.807) is 19.9 Å². The Labute approximate surface area is 107 Å². The van der Waals surface area contributed by atoms with Crippen LogP contribution in [0.4, 0.5) is 0 Å². The lowest BCUT2D eigenvalue weighted by atomic mass is 10.1. The van der Waals surface area contributed by atoms with E-state index in [-0.39, 0.29) is 5.78 Å². The Hall–Kier alpha value is -2.16. The molecule has 1 aromatic carbocycles. The largest absolute Gasteiger partial charge is 0.463 e. The van der Waals surface area contributed by atoms with Gasteiger partial charge < -0.3 is 4.74 Å². The van der Waals surface area contributed by atoms with E-state index in [2.05, 4.69) is 0 Å². The number of ether oxygens (including phenoxy) is 1. The molecule has 0 bridgehead atoms. The quantitative estimate of drug-likeness (QED) is 0.591. The molecular formula is C15H16O3. The van der Waals surface area contributed by atoms with Crippen molar-refractivity contribution in [3.05, 3.63) is 53.6 Å². The van der Waals surface area contributed by atoms with Crippen LogP contribution < -0.4 is 0 Å². The first-order chi connectivity index (χ1) is 8.63. The maximum atomic E-state index is 11.6. The first kappa shape index (κ1) is 13.9. The van der Waals surface area contributed by atoms with Gasteiger partial charge in [0, 0.05) is 5.57 Å². The highest BCUT2D eigenvalue weighted by molar-refractivity contribution is 6.06. The fourth-order valence-electron chi connectivity index (χ4n) is 1.31. The lowest BCUT2D eigenvalue weighted by Gasteiger charge is -1.99. The zero-order valence-electron chi connectivity index (χ0n) is 10.6. The minimum absolute atomic E-state index is 0.232. The number of allylic oxidation sites excluding steroid dienone is 2. The summed E-state index contributed by atoms with van der Waals surface area (Å²) < 4.78 is 4.78. The van der Waals surface area contributed by atoms with E-state index < -0.39 is 5.97 Å². The minimum Gasteiger partial charge on any atom is -0.463 e. The zero-order chi connectivity index (χ0) is 13.4. The van der Waals surface area contributed by atoms with Crippen molar-refractivity contribution in [1.82, 2.24) is 0 Å². The van der Waals surface area contributed by atoms with Crippen molar-refractivity contribution in [3.63, 3.8) is 0 Å². The number of ketones is 1. The Morgan fingerprint density at radius 1 is 1.22 bits per heavy atom. The fourth-order valence-corrected chi connectivity index (χ4v) is 1.31. The molecule has 0 amide bonds. The topological polar surface area (TPSA) is 43.4 Å². The third kappa shape index (κ3) is 4.78. The van der Waals surface area contributed by atoms with Crippen LogP contribution in [0.1, 0.15) is 19.4 Å². The zero-order valence-corrected chi connectivity index (χ0v) is 10.6. The van der Waals surface area contributed by atoms with Crippen LogP contribution in [0, 0.1) is 0 Å².